The lowest BCUT2D eigenvalue weighted by atomic mass is 10.5. The van der Waals surface area contributed by atoms with Crippen LogP contribution in [0.1, 0.15) is 0 Å². The molecular formula is C8H7N3O2S2. The third-order valence-corrected chi connectivity index (χ3v) is 4.64. The van der Waals surface area contributed by atoms with E-state index in [9.17, 15) is 8.42 Å². The number of hydrogen-bond acceptors (Lipinski definition) is 6. The van der Waals surface area contributed by atoms with Gasteiger partial charge in [-0.15, -0.1) is 0 Å². The molecule has 2 N–H and O–H groups in total. The lowest BCUT2D eigenvalue weighted by Gasteiger charge is -1.98. The fourth-order valence-electron chi connectivity index (χ4n) is 1.01. The number of pyridine rings is 1. The molecule has 0 amide bonds. The van der Waals surface area contributed by atoms with Crippen molar-refractivity contribution in [1.82, 2.24) is 9.97 Å². The van der Waals surface area contributed by atoms with Crippen LogP contribution in [0.25, 0.3) is 0 Å². The number of aromatic nitrogens is 2. The van der Waals surface area contributed by atoms with Crippen LogP contribution < -0.4 is 5.73 Å². The number of thiazole rings is 1. The van der Waals surface area contributed by atoms with Gasteiger partial charge >= 0.3 is 0 Å². The molecule has 0 saturated heterocycles. The zero-order valence-electron chi connectivity index (χ0n) is 7.49. The summed E-state index contributed by atoms with van der Waals surface area (Å²) in [7, 11) is -3.55. The van der Waals surface area contributed by atoms with Crippen molar-refractivity contribution in [3.8, 4) is 0 Å². The molecule has 0 saturated carbocycles. The average Bonchev–Trinajstić information content (AvgIpc) is 2.67. The molecule has 2 aromatic heterocycles. The van der Waals surface area contributed by atoms with Gasteiger partial charge in [-0.2, -0.15) is 0 Å². The summed E-state index contributed by atoms with van der Waals surface area (Å²) in [6.07, 6.45) is 2.67. The molecule has 0 unspecified atom stereocenters. The Morgan fingerprint density at radius 1 is 1.27 bits per heavy atom. The Labute approximate surface area is 90.5 Å². The molecule has 2 heterocycles. The van der Waals surface area contributed by atoms with E-state index in [0.29, 0.717) is 0 Å². The first-order valence-electron chi connectivity index (χ1n) is 3.98. The monoisotopic (exact) mass is 241 g/mol. The van der Waals surface area contributed by atoms with Crippen LogP contribution in [0.4, 0.5) is 5.13 Å². The summed E-state index contributed by atoms with van der Waals surface area (Å²) in [5.74, 6) is 0. The van der Waals surface area contributed by atoms with E-state index in [4.69, 9.17) is 5.73 Å². The van der Waals surface area contributed by atoms with E-state index >= 15 is 0 Å². The third kappa shape index (κ3) is 1.83. The van der Waals surface area contributed by atoms with E-state index < -0.39 is 9.84 Å². The van der Waals surface area contributed by atoms with E-state index in [0.717, 1.165) is 11.3 Å². The molecule has 2 rings (SSSR count). The van der Waals surface area contributed by atoms with Gasteiger partial charge in [0.05, 0.1) is 6.20 Å². The maximum Gasteiger partial charge on any atom is 0.234 e. The second-order valence-electron chi connectivity index (χ2n) is 2.69. The summed E-state index contributed by atoms with van der Waals surface area (Å²) in [6.45, 7) is 0. The number of hydrogen-bond donors (Lipinski definition) is 1. The zero-order chi connectivity index (χ0) is 10.9. The van der Waals surface area contributed by atoms with E-state index in [2.05, 4.69) is 9.97 Å². The van der Waals surface area contributed by atoms with Crippen LogP contribution in [0.15, 0.2) is 39.8 Å². The van der Waals surface area contributed by atoms with Crippen molar-refractivity contribution >= 4 is 26.3 Å². The highest BCUT2D eigenvalue weighted by atomic mass is 32.2. The first-order valence-corrected chi connectivity index (χ1v) is 6.28. The van der Waals surface area contributed by atoms with Gasteiger partial charge < -0.3 is 5.73 Å². The summed E-state index contributed by atoms with van der Waals surface area (Å²) in [5.41, 5.74) is 5.38. The highest BCUT2D eigenvalue weighted by molar-refractivity contribution is 7.93. The molecule has 0 fully saturated rings. The van der Waals surface area contributed by atoms with Crippen molar-refractivity contribution in [2.24, 2.45) is 0 Å². The quantitative estimate of drug-likeness (QED) is 0.846. The lowest BCUT2D eigenvalue weighted by molar-refractivity contribution is 0.594. The minimum Gasteiger partial charge on any atom is -0.375 e. The molecule has 15 heavy (non-hydrogen) atoms. The number of nitrogens with two attached hydrogens (primary N) is 1. The molecule has 0 spiro atoms. The third-order valence-electron chi connectivity index (χ3n) is 1.68. The SMILES string of the molecule is Nc1ncc(S(=O)(=O)c2ccccn2)s1. The number of nitrogen functional groups attached to an aromatic ring is 1. The predicted octanol–water partition coefficient (Wildman–Crippen LogP) is 0.953. The van der Waals surface area contributed by atoms with Crippen molar-refractivity contribution in [3.63, 3.8) is 0 Å². The predicted molar refractivity (Wildman–Crippen MR) is 56.2 cm³/mol. The Morgan fingerprint density at radius 2 is 2.07 bits per heavy atom. The molecule has 0 radical (unpaired) electrons. The van der Waals surface area contributed by atoms with Crippen LogP contribution in [0.5, 0.6) is 0 Å². The van der Waals surface area contributed by atoms with Gasteiger partial charge in [-0.1, -0.05) is 17.4 Å². The number of sulfone groups is 1. The molecule has 7 heteroatoms. The van der Waals surface area contributed by atoms with Crippen molar-refractivity contribution in [2.45, 2.75) is 9.24 Å². The van der Waals surface area contributed by atoms with Crippen LogP contribution in [0, 0.1) is 0 Å². The van der Waals surface area contributed by atoms with Crippen molar-refractivity contribution in [2.75, 3.05) is 5.73 Å². The van der Waals surface area contributed by atoms with E-state index in [-0.39, 0.29) is 14.4 Å². The molecule has 5 nitrogen and oxygen atoms in total. The Balaban J connectivity index is 2.54. The average molecular weight is 241 g/mol. The first kappa shape index (κ1) is 10.1. The van der Waals surface area contributed by atoms with E-state index in [1.54, 1.807) is 12.1 Å². The van der Waals surface area contributed by atoms with Crippen LogP contribution >= 0.6 is 11.3 Å². The molecule has 0 aliphatic rings. The van der Waals surface area contributed by atoms with Crippen LogP contribution in [0.2, 0.25) is 0 Å². The Morgan fingerprint density at radius 3 is 2.60 bits per heavy atom. The summed E-state index contributed by atoms with van der Waals surface area (Å²) in [6, 6.07) is 4.70. The highest BCUT2D eigenvalue weighted by Gasteiger charge is 2.21. The van der Waals surface area contributed by atoms with Gasteiger partial charge in [0.2, 0.25) is 9.84 Å². The molecule has 0 aromatic carbocycles. The summed E-state index contributed by atoms with van der Waals surface area (Å²) in [4.78, 5) is 7.48. The topological polar surface area (TPSA) is 85.9 Å². The van der Waals surface area contributed by atoms with Gasteiger partial charge in [0, 0.05) is 6.20 Å². The Bertz CT molecular complexity index is 563. The second-order valence-corrected chi connectivity index (χ2v) is 5.87. The summed E-state index contributed by atoms with van der Waals surface area (Å²) in [5, 5.41) is 0.234. The van der Waals surface area contributed by atoms with Gasteiger partial charge in [0.1, 0.15) is 4.21 Å². The van der Waals surface area contributed by atoms with Crippen LogP contribution in [-0.2, 0) is 9.84 Å². The molecular weight excluding hydrogens is 234 g/mol. The fourth-order valence-corrected chi connectivity index (χ4v) is 3.23. The normalized spacial score (nSPS) is 11.5. The van der Waals surface area contributed by atoms with E-state index in [1.165, 1.54) is 18.5 Å². The fraction of sp³-hybridized carbons (Fsp3) is 0. The van der Waals surface area contributed by atoms with Gasteiger partial charge in [0.25, 0.3) is 0 Å². The van der Waals surface area contributed by atoms with Crippen LogP contribution in [0.3, 0.4) is 0 Å². The first-order chi connectivity index (χ1) is 7.10. The van der Waals surface area contributed by atoms with Gasteiger partial charge in [-0.25, -0.2) is 18.4 Å². The number of rotatable bonds is 2. The van der Waals surface area contributed by atoms with Gasteiger partial charge in [0.15, 0.2) is 10.2 Å². The molecule has 0 atom stereocenters. The van der Waals surface area contributed by atoms with E-state index in [1.807, 2.05) is 0 Å². The number of anilines is 1. The van der Waals surface area contributed by atoms with Crippen molar-refractivity contribution in [3.05, 3.63) is 30.6 Å². The highest BCUT2D eigenvalue weighted by Crippen LogP contribution is 2.25. The Hall–Kier alpha value is -1.47. The molecule has 0 aliphatic carbocycles. The molecule has 0 aliphatic heterocycles. The van der Waals surface area contributed by atoms with Crippen LogP contribution in [-0.4, -0.2) is 18.4 Å². The minimum atomic E-state index is -3.55. The summed E-state index contributed by atoms with van der Waals surface area (Å²) >= 11 is 0.928. The second kappa shape index (κ2) is 3.59. The smallest absolute Gasteiger partial charge is 0.234 e. The standard InChI is InChI=1S/C8H7N3O2S2/c9-8-11-5-7(14-8)15(12,13)6-3-1-2-4-10-6/h1-5H,(H2,9,11). The maximum absolute atomic E-state index is 11.9. The molecule has 78 valence electrons. The van der Waals surface area contributed by atoms with Gasteiger partial charge in [-0.05, 0) is 12.1 Å². The maximum atomic E-state index is 11.9. The zero-order valence-corrected chi connectivity index (χ0v) is 9.12. The molecule has 2 aromatic rings. The van der Waals surface area contributed by atoms with Crippen molar-refractivity contribution in [1.29, 1.82) is 0 Å². The van der Waals surface area contributed by atoms with Crippen molar-refractivity contribution < 1.29 is 8.42 Å². The number of nitrogens with zero attached hydrogens (tertiary/aromatic N) is 2. The minimum absolute atomic E-state index is 0.00801. The lowest BCUT2D eigenvalue weighted by Crippen LogP contribution is -2.01. The largest absolute Gasteiger partial charge is 0.375 e. The Kier molecular flexibility index (Phi) is 2.41. The summed E-state index contributed by atoms with van der Waals surface area (Å²) < 4.78 is 23.9. The van der Waals surface area contributed by atoms with Gasteiger partial charge in [-0.3, -0.25) is 0 Å². The molecule has 0 bridgehead atoms.